The van der Waals surface area contributed by atoms with Crippen molar-refractivity contribution in [2.75, 3.05) is 34.4 Å². The number of nitrogens with one attached hydrogen (secondary N) is 1. The third-order valence-electron chi connectivity index (χ3n) is 5.91. The Bertz CT molecular complexity index is 1040. The number of benzene rings is 2. The Labute approximate surface area is 192 Å². The number of hydrogen-bond acceptors (Lipinski definition) is 6. The van der Waals surface area contributed by atoms with E-state index in [1.54, 1.807) is 44.8 Å². The molecule has 0 aliphatic carbocycles. The van der Waals surface area contributed by atoms with Crippen LogP contribution in [0.25, 0.3) is 0 Å². The molecule has 1 aliphatic heterocycles. The summed E-state index contributed by atoms with van der Waals surface area (Å²) in [5.74, 6) is 1.20. The molecular weight excluding hydrogens is 424 g/mol. The Balaban J connectivity index is 1.53. The average Bonchev–Trinajstić information content (AvgIpc) is 3.37. The molecule has 3 aromatic rings. The fraction of sp³-hybridized carbons (Fsp3) is 0.320. The molecule has 1 amide bonds. The summed E-state index contributed by atoms with van der Waals surface area (Å²) in [6.07, 6.45) is 1.01. The van der Waals surface area contributed by atoms with Crippen LogP contribution in [0.1, 0.15) is 33.1 Å². The molecule has 2 heterocycles. The van der Waals surface area contributed by atoms with Crippen molar-refractivity contribution in [3.8, 4) is 17.2 Å². The van der Waals surface area contributed by atoms with Gasteiger partial charge in [-0.2, -0.15) is 11.3 Å². The number of ether oxygens (including phenoxy) is 3. The normalized spacial score (nSPS) is 14.3. The SMILES string of the molecule is COc1cc(C(=O)NCC(c2ccsc2)N2CCc3ccccc3C2)cc(OC)c1OC. The van der Waals surface area contributed by atoms with Crippen LogP contribution in [-0.4, -0.2) is 45.2 Å². The first-order chi connectivity index (χ1) is 15.6. The van der Waals surface area contributed by atoms with Crippen molar-refractivity contribution < 1.29 is 19.0 Å². The van der Waals surface area contributed by atoms with E-state index >= 15 is 0 Å². The van der Waals surface area contributed by atoms with Crippen molar-refractivity contribution >= 4 is 17.2 Å². The quantitative estimate of drug-likeness (QED) is 0.552. The molecule has 1 aliphatic rings. The van der Waals surface area contributed by atoms with Crippen molar-refractivity contribution in [3.05, 3.63) is 75.5 Å². The molecule has 0 radical (unpaired) electrons. The van der Waals surface area contributed by atoms with Crippen molar-refractivity contribution in [1.29, 1.82) is 0 Å². The highest BCUT2D eigenvalue weighted by atomic mass is 32.1. The zero-order valence-corrected chi connectivity index (χ0v) is 19.4. The van der Waals surface area contributed by atoms with Gasteiger partial charge in [-0.05, 0) is 52.1 Å². The highest BCUT2D eigenvalue weighted by molar-refractivity contribution is 7.08. The van der Waals surface area contributed by atoms with Crippen LogP contribution in [0.4, 0.5) is 0 Å². The van der Waals surface area contributed by atoms with Crippen LogP contribution in [0.15, 0.2) is 53.2 Å². The highest BCUT2D eigenvalue weighted by Crippen LogP contribution is 2.38. The Morgan fingerprint density at radius 1 is 1.06 bits per heavy atom. The van der Waals surface area contributed by atoms with Crippen molar-refractivity contribution in [2.45, 2.75) is 19.0 Å². The van der Waals surface area contributed by atoms with Crippen LogP contribution < -0.4 is 19.5 Å². The molecule has 0 bridgehead atoms. The van der Waals surface area contributed by atoms with Gasteiger partial charge >= 0.3 is 0 Å². The lowest BCUT2D eigenvalue weighted by atomic mass is 9.97. The summed E-state index contributed by atoms with van der Waals surface area (Å²) in [6, 6.07) is 14.2. The van der Waals surface area contributed by atoms with Gasteiger partial charge in [0.05, 0.1) is 27.4 Å². The standard InChI is InChI=1S/C25H28N2O4S/c1-29-22-12-20(13-23(30-2)24(22)31-3)25(28)26-14-21(19-9-11-32-16-19)27-10-8-17-6-4-5-7-18(17)15-27/h4-7,9,11-13,16,21H,8,10,14-15H2,1-3H3,(H,26,28). The van der Waals surface area contributed by atoms with Gasteiger partial charge in [0.15, 0.2) is 11.5 Å². The molecule has 0 saturated carbocycles. The molecule has 0 saturated heterocycles. The van der Waals surface area contributed by atoms with E-state index in [1.165, 1.54) is 16.7 Å². The maximum absolute atomic E-state index is 13.1. The molecule has 1 unspecified atom stereocenters. The number of carbonyl (C=O) groups excluding carboxylic acids is 1. The predicted octanol–water partition coefficient (Wildman–Crippen LogP) is 4.30. The minimum atomic E-state index is -0.179. The number of nitrogens with zero attached hydrogens (tertiary/aromatic N) is 1. The van der Waals surface area contributed by atoms with Gasteiger partial charge in [-0.25, -0.2) is 0 Å². The van der Waals surface area contributed by atoms with E-state index in [1.807, 2.05) is 0 Å². The van der Waals surface area contributed by atoms with E-state index in [-0.39, 0.29) is 11.9 Å². The van der Waals surface area contributed by atoms with Gasteiger partial charge in [0.1, 0.15) is 0 Å². The zero-order valence-electron chi connectivity index (χ0n) is 18.6. The molecular formula is C25H28N2O4S. The number of thiophene rings is 1. The second-order valence-corrected chi connectivity index (χ2v) is 8.47. The zero-order chi connectivity index (χ0) is 22.5. The molecule has 0 spiro atoms. The van der Waals surface area contributed by atoms with Gasteiger partial charge in [-0.1, -0.05) is 24.3 Å². The number of fused-ring (bicyclic) bond motifs is 1. The summed E-state index contributed by atoms with van der Waals surface area (Å²) in [6.45, 7) is 2.34. The molecule has 7 heteroatoms. The number of rotatable bonds is 8. The van der Waals surface area contributed by atoms with Crippen molar-refractivity contribution in [1.82, 2.24) is 10.2 Å². The van der Waals surface area contributed by atoms with Gasteiger partial charge in [0, 0.05) is 25.2 Å². The fourth-order valence-electron chi connectivity index (χ4n) is 4.21. The van der Waals surface area contributed by atoms with E-state index < -0.39 is 0 Å². The Kier molecular flexibility index (Phi) is 6.97. The van der Waals surface area contributed by atoms with Crippen LogP contribution in [0.3, 0.4) is 0 Å². The van der Waals surface area contributed by atoms with Crippen LogP contribution in [-0.2, 0) is 13.0 Å². The fourth-order valence-corrected chi connectivity index (χ4v) is 4.92. The number of hydrogen-bond donors (Lipinski definition) is 1. The average molecular weight is 453 g/mol. The third kappa shape index (κ3) is 4.59. The molecule has 1 atom stereocenters. The van der Waals surface area contributed by atoms with Gasteiger partial charge in [0.25, 0.3) is 5.91 Å². The third-order valence-corrected chi connectivity index (χ3v) is 6.61. The summed E-state index contributed by atoms with van der Waals surface area (Å²) in [4.78, 5) is 15.5. The minimum Gasteiger partial charge on any atom is -0.493 e. The van der Waals surface area contributed by atoms with Gasteiger partial charge in [0.2, 0.25) is 5.75 Å². The predicted molar refractivity (Wildman–Crippen MR) is 126 cm³/mol. The first-order valence-electron chi connectivity index (χ1n) is 10.6. The largest absolute Gasteiger partial charge is 0.493 e. The second kappa shape index (κ2) is 10.1. The van der Waals surface area contributed by atoms with E-state index in [0.29, 0.717) is 29.4 Å². The summed E-state index contributed by atoms with van der Waals surface area (Å²) >= 11 is 1.68. The Morgan fingerprint density at radius 2 is 1.78 bits per heavy atom. The molecule has 168 valence electrons. The van der Waals surface area contributed by atoms with E-state index in [0.717, 1.165) is 19.5 Å². The lowest BCUT2D eigenvalue weighted by molar-refractivity contribution is 0.0927. The van der Waals surface area contributed by atoms with E-state index in [4.69, 9.17) is 14.2 Å². The summed E-state index contributed by atoms with van der Waals surface area (Å²) in [5, 5.41) is 7.37. The highest BCUT2D eigenvalue weighted by Gasteiger charge is 2.26. The van der Waals surface area contributed by atoms with Gasteiger partial charge in [-0.3, -0.25) is 9.69 Å². The van der Waals surface area contributed by atoms with E-state index in [2.05, 4.69) is 51.3 Å². The number of carbonyl (C=O) groups is 1. The number of methoxy groups -OCH3 is 3. The Hall–Kier alpha value is -3.03. The van der Waals surface area contributed by atoms with Crippen LogP contribution in [0.2, 0.25) is 0 Å². The summed E-state index contributed by atoms with van der Waals surface area (Å²) in [5.41, 5.74) is 4.45. The van der Waals surface area contributed by atoms with E-state index in [9.17, 15) is 4.79 Å². The lowest BCUT2D eigenvalue weighted by Gasteiger charge is -2.35. The second-order valence-electron chi connectivity index (χ2n) is 7.69. The topological polar surface area (TPSA) is 60.0 Å². The van der Waals surface area contributed by atoms with Gasteiger partial charge in [-0.15, -0.1) is 0 Å². The monoisotopic (exact) mass is 452 g/mol. The first-order valence-corrected chi connectivity index (χ1v) is 11.5. The molecule has 1 aromatic heterocycles. The molecule has 4 rings (SSSR count). The summed E-state index contributed by atoms with van der Waals surface area (Å²) in [7, 11) is 4.63. The maximum Gasteiger partial charge on any atom is 0.251 e. The molecule has 32 heavy (non-hydrogen) atoms. The smallest absolute Gasteiger partial charge is 0.251 e. The van der Waals surface area contributed by atoms with Crippen LogP contribution in [0, 0.1) is 0 Å². The van der Waals surface area contributed by atoms with Crippen LogP contribution in [0.5, 0.6) is 17.2 Å². The lowest BCUT2D eigenvalue weighted by Crippen LogP contribution is -2.40. The molecule has 0 fully saturated rings. The molecule has 6 nitrogen and oxygen atoms in total. The maximum atomic E-state index is 13.1. The summed E-state index contributed by atoms with van der Waals surface area (Å²) < 4.78 is 16.1. The van der Waals surface area contributed by atoms with Gasteiger partial charge < -0.3 is 19.5 Å². The van der Waals surface area contributed by atoms with Crippen LogP contribution >= 0.6 is 11.3 Å². The van der Waals surface area contributed by atoms with Crippen molar-refractivity contribution in [2.24, 2.45) is 0 Å². The molecule has 1 N–H and O–H groups in total. The molecule has 2 aromatic carbocycles. The number of amides is 1. The minimum absolute atomic E-state index is 0.0978. The van der Waals surface area contributed by atoms with Crippen molar-refractivity contribution in [3.63, 3.8) is 0 Å². The first kappa shape index (κ1) is 22.2. The Morgan fingerprint density at radius 3 is 2.41 bits per heavy atom.